The predicted octanol–water partition coefficient (Wildman–Crippen LogP) is 3.68. The molecule has 2 aromatic heterocycles. The van der Waals surface area contributed by atoms with Crippen LogP contribution in [0.1, 0.15) is 74.2 Å². The number of hydrogen-bond donors (Lipinski definition) is 1. The number of fused-ring (bicyclic) bond motifs is 1. The molecule has 1 aromatic carbocycles. The Morgan fingerprint density at radius 2 is 1.73 bits per heavy atom. The van der Waals surface area contributed by atoms with Gasteiger partial charge >= 0.3 is 5.95 Å². The maximum atomic E-state index is 13.4. The van der Waals surface area contributed by atoms with E-state index in [1.165, 1.54) is 9.20 Å². The van der Waals surface area contributed by atoms with Gasteiger partial charge in [0.15, 0.2) is 12.3 Å². The zero-order valence-electron chi connectivity index (χ0n) is 21.2. The third-order valence-electron chi connectivity index (χ3n) is 6.21. The first-order valence-electron chi connectivity index (χ1n) is 11.2. The van der Waals surface area contributed by atoms with Crippen molar-refractivity contribution in [2.24, 2.45) is 0 Å². The van der Waals surface area contributed by atoms with Crippen LogP contribution in [0.2, 0.25) is 0 Å². The van der Waals surface area contributed by atoms with Crippen molar-refractivity contribution >= 4 is 17.4 Å². The molecular weight excluding hydrogens is 418 g/mol. The van der Waals surface area contributed by atoms with Gasteiger partial charge in [-0.25, -0.2) is 0 Å². The standard InChI is InChI=1S/C25H35N5O3/c1-10-33-22-16(3)15(2)21-27-29(23(26)30(21)28-22)14-20(31)17-11-18(24(4,5)6)13-19(12-17)25(7,8)32-9/h11-13,26H,10,14H2,1-9H3/p+1. The number of hydrogen-bond acceptors (Lipinski definition) is 6. The molecule has 0 unspecified atom stereocenters. The monoisotopic (exact) mass is 454 g/mol. The molecular formula is C25H36N5O3+. The first-order chi connectivity index (χ1) is 15.3. The highest BCUT2D eigenvalue weighted by atomic mass is 16.5. The SMILES string of the molecule is CCOc1nn2c(N)[n+](CC(=O)c3cc(C(C)(C)C)cc(C(C)(C)OC)c3)nc2c(C)c1C. The first-order valence-corrected chi connectivity index (χ1v) is 11.2. The van der Waals surface area contributed by atoms with Crippen LogP contribution in [-0.4, -0.2) is 34.2 Å². The lowest BCUT2D eigenvalue weighted by Gasteiger charge is -2.27. The minimum Gasteiger partial charge on any atom is -0.476 e. The number of benzene rings is 1. The average Bonchev–Trinajstić information content (AvgIpc) is 3.06. The van der Waals surface area contributed by atoms with Gasteiger partial charge in [-0.05, 0) is 63.3 Å². The van der Waals surface area contributed by atoms with Crippen LogP contribution in [0.4, 0.5) is 5.95 Å². The van der Waals surface area contributed by atoms with E-state index in [2.05, 4.69) is 37.0 Å². The smallest absolute Gasteiger partial charge is 0.401 e. The summed E-state index contributed by atoms with van der Waals surface area (Å²) >= 11 is 0. The second-order valence-electron chi connectivity index (χ2n) is 9.93. The van der Waals surface area contributed by atoms with Crippen molar-refractivity contribution in [3.05, 3.63) is 46.0 Å². The number of methoxy groups -OCH3 is 1. The van der Waals surface area contributed by atoms with Gasteiger partial charge in [0, 0.05) is 23.8 Å². The number of anilines is 1. The topological polar surface area (TPSA) is 95.6 Å². The van der Waals surface area contributed by atoms with Gasteiger partial charge < -0.3 is 9.47 Å². The average molecular weight is 455 g/mol. The molecule has 2 heterocycles. The zero-order valence-corrected chi connectivity index (χ0v) is 21.2. The molecule has 0 saturated carbocycles. The quantitative estimate of drug-likeness (QED) is 0.432. The number of ketones is 1. The molecule has 0 aliphatic rings. The lowest BCUT2D eigenvalue weighted by Crippen LogP contribution is -2.42. The maximum Gasteiger partial charge on any atom is 0.401 e. The fraction of sp³-hybridized carbons (Fsp3) is 0.520. The van der Waals surface area contributed by atoms with Crippen LogP contribution in [0.15, 0.2) is 18.2 Å². The molecule has 0 amide bonds. The number of nitrogens with zero attached hydrogens (tertiary/aromatic N) is 4. The fourth-order valence-electron chi connectivity index (χ4n) is 3.56. The van der Waals surface area contributed by atoms with Crippen LogP contribution >= 0.6 is 0 Å². The van der Waals surface area contributed by atoms with Crippen LogP contribution in [0.3, 0.4) is 0 Å². The van der Waals surface area contributed by atoms with E-state index in [-0.39, 0.29) is 23.7 Å². The number of nitrogen functional groups attached to an aromatic ring is 1. The number of ether oxygens (including phenoxy) is 2. The van der Waals surface area contributed by atoms with Crippen LogP contribution < -0.4 is 15.2 Å². The van der Waals surface area contributed by atoms with Crippen LogP contribution in [0.5, 0.6) is 5.88 Å². The van der Waals surface area contributed by atoms with Gasteiger partial charge in [-0.15, -0.1) is 4.68 Å². The highest BCUT2D eigenvalue weighted by Crippen LogP contribution is 2.31. The molecule has 2 N–H and O–H groups in total. The Kier molecular flexibility index (Phi) is 6.53. The second-order valence-corrected chi connectivity index (χ2v) is 9.93. The molecule has 0 saturated heterocycles. The Morgan fingerprint density at radius 1 is 1.09 bits per heavy atom. The summed E-state index contributed by atoms with van der Waals surface area (Å²) in [4.78, 5) is 13.4. The van der Waals surface area contributed by atoms with Crippen molar-refractivity contribution in [1.82, 2.24) is 14.7 Å². The molecule has 0 aliphatic heterocycles. The molecule has 0 fully saturated rings. The number of Topliss-reactive ketones (excluding diaryl/α,β-unsaturated/α-hetero) is 1. The Labute approximate surface area is 195 Å². The minimum atomic E-state index is -0.528. The van der Waals surface area contributed by atoms with Gasteiger partial charge in [0.2, 0.25) is 5.88 Å². The molecule has 178 valence electrons. The van der Waals surface area contributed by atoms with E-state index in [0.717, 1.165) is 22.3 Å². The van der Waals surface area contributed by atoms with E-state index in [0.29, 0.717) is 23.7 Å². The Morgan fingerprint density at radius 3 is 2.30 bits per heavy atom. The number of nitrogens with two attached hydrogens (primary N) is 1. The van der Waals surface area contributed by atoms with E-state index in [4.69, 9.17) is 15.2 Å². The highest BCUT2D eigenvalue weighted by Gasteiger charge is 2.28. The van der Waals surface area contributed by atoms with Gasteiger partial charge in [-0.1, -0.05) is 41.6 Å². The van der Waals surface area contributed by atoms with Crippen molar-refractivity contribution in [3.63, 3.8) is 0 Å². The third-order valence-corrected chi connectivity index (χ3v) is 6.21. The van der Waals surface area contributed by atoms with Gasteiger partial charge in [-0.2, -0.15) is 0 Å². The summed E-state index contributed by atoms with van der Waals surface area (Å²) in [5, 5.41) is 9.08. The zero-order chi connectivity index (χ0) is 24.7. The summed E-state index contributed by atoms with van der Waals surface area (Å²) in [7, 11) is 1.67. The number of rotatable bonds is 7. The highest BCUT2D eigenvalue weighted by molar-refractivity contribution is 5.95. The first kappa shape index (κ1) is 24.6. The summed E-state index contributed by atoms with van der Waals surface area (Å²) in [6.45, 7) is 16.6. The van der Waals surface area contributed by atoms with E-state index in [1.807, 2.05) is 46.8 Å². The molecule has 8 heteroatoms. The number of carbonyl (C=O) groups is 1. The van der Waals surface area contributed by atoms with E-state index in [1.54, 1.807) is 7.11 Å². The molecule has 0 atom stereocenters. The minimum absolute atomic E-state index is 0.00189. The van der Waals surface area contributed by atoms with Crippen molar-refractivity contribution < 1.29 is 19.0 Å². The van der Waals surface area contributed by atoms with Crippen LogP contribution in [0, 0.1) is 13.8 Å². The van der Waals surface area contributed by atoms with Crippen LogP contribution in [0.25, 0.3) is 5.65 Å². The summed E-state index contributed by atoms with van der Waals surface area (Å²) in [5.41, 5.74) is 10.7. The molecule has 0 aliphatic carbocycles. The lowest BCUT2D eigenvalue weighted by molar-refractivity contribution is -0.723. The van der Waals surface area contributed by atoms with Gasteiger partial charge in [0.05, 0.1) is 12.2 Å². The summed E-state index contributed by atoms with van der Waals surface area (Å²) < 4.78 is 14.4. The predicted molar refractivity (Wildman–Crippen MR) is 128 cm³/mol. The molecule has 8 nitrogen and oxygen atoms in total. The van der Waals surface area contributed by atoms with Gasteiger partial charge in [0.1, 0.15) is 0 Å². The third kappa shape index (κ3) is 4.71. The normalized spacial score (nSPS) is 12.4. The van der Waals surface area contributed by atoms with Crippen LogP contribution in [-0.2, 0) is 22.3 Å². The maximum absolute atomic E-state index is 13.4. The lowest BCUT2D eigenvalue weighted by atomic mass is 9.82. The summed E-state index contributed by atoms with van der Waals surface area (Å²) in [5.74, 6) is 0.690. The molecule has 3 aromatic rings. The second kappa shape index (κ2) is 8.74. The molecule has 0 spiro atoms. The molecule has 3 rings (SSSR count). The van der Waals surface area contributed by atoms with Crippen molar-refractivity contribution in [3.8, 4) is 5.88 Å². The molecule has 0 bridgehead atoms. The summed E-state index contributed by atoms with van der Waals surface area (Å²) in [6, 6.07) is 5.96. The number of aryl methyl sites for hydroxylation is 1. The Balaban J connectivity index is 2.06. The van der Waals surface area contributed by atoms with E-state index in [9.17, 15) is 4.79 Å². The Hall–Kier alpha value is -3.00. The largest absolute Gasteiger partial charge is 0.476 e. The molecule has 33 heavy (non-hydrogen) atoms. The van der Waals surface area contributed by atoms with Crippen molar-refractivity contribution in [2.75, 3.05) is 19.5 Å². The van der Waals surface area contributed by atoms with Gasteiger partial charge in [-0.3, -0.25) is 10.5 Å². The van der Waals surface area contributed by atoms with Crippen molar-refractivity contribution in [2.45, 2.75) is 73.0 Å². The number of aromatic nitrogens is 4. The number of carbonyl (C=O) groups excluding carboxylic acids is 1. The van der Waals surface area contributed by atoms with E-state index >= 15 is 0 Å². The van der Waals surface area contributed by atoms with E-state index < -0.39 is 5.60 Å². The molecule has 0 radical (unpaired) electrons. The fourth-order valence-corrected chi connectivity index (χ4v) is 3.56. The van der Waals surface area contributed by atoms with Crippen molar-refractivity contribution in [1.29, 1.82) is 0 Å². The van der Waals surface area contributed by atoms with Gasteiger partial charge in [0.25, 0.3) is 5.65 Å². The Bertz CT molecular complexity index is 1210. The summed E-state index contributed by atoms with van der Waals surface area (Å²) in [6.07, 6.45) is 0.